The first-order chi connectivity index (χ1) is 9.24. The molecule has 2 N–H and O–H groups in total. The van der Waals surface area contributed by atoms with Crippen LogP contribution in [0, 0.1) is 0 Å². The SMILES string of the molecule is COCCOCCCCNCc1csc(C(=O)O)n1. The van der Waals surface area contributed by atoms with Gasteiger partial charge in [-0.2, -0.15) is 0 Å². The van der Waals surface area contributed by atoms with Gasteiger partial charge in [-0.1, -0.05) is 0 Å². The van der Waals surface area contributed by atoms with Crippen LogP contribution in [0.2, 0.25) is 0 Å². The van der Waals surface area contributed by atoms with E-state index in [4.69, 9.17) is 14.6 Å². The number of carboxylic acid groups (broad SMARTS) is 1. The molecule has 0 spiro atoms. The maximum Gasteiger partial charge on any atom is 0.365 e. The summed E-state index contributed by atoms with van der Waals surface area (Å²) in [6.45, 7) is 3.49. The van der Waals surface area contributed by atoms with E-state index in [1.165, 1.54) is 0 Å². The molecule has 1 aromatic rings. The van der Waals surface area contributed by atoms with Gasteiger partial charge in [0.05, 0.1) is 18.9 Å². The number of nitrogens with one attached hydrogen (secondary N) is 1. The lowest BCUT2D eigenvalue weighted by atomic mass is 10.3. The molecule has 108 valence electrons. The van der Waals surface area contributed by atoms with Gasteiger partial charge in [-0.25, -0.2) is 9.78 Å². The fourth-order valence-corrected chi connectivity index (χ4v) is 2.06. The Labute approximate surface area is 116 Å². The maximum absolute atomic E-state index is 10.6. The van der Waals surface area contributed by atoms with Gasteiger partial charge in [0.1, 0.15) is 0 Å². The Balaban J connectivity index is 1.97. The standard InChI is InChI=1S/C12H20N2O4S/c1-17-6-7-18-5-3-2-4-13-8-10-9-19-11(14-10)12(15)16/h9,13H,2-8H2,1H3,(H,15,16). The summed E-state index contributed by atoms with van der Waals surface area (Å²) in [5.74, 6) is -0.968. The second-order valence-electron chi connectivity index (χ2n) is 3.94. The number of carboxylic acids is 1. The zero-order valence-electron chi connectivity index (χ0n) is 11.1. The summed E-state index contributed by atoms with van der Waals surface area (Å²) in [6.07, 6.45) is 2.01. The molecule has 0 aromatic carbocycles. The molecule has 1 rings (SSSR count). The van der Waals surface area contributed by atoms with Crippen LogP contribution in [0.25, 0.3) is 0 Å². The number of rotatable bonds is 11. The van der Waals surface area contributed by atoms with E-state index in [0.29, 0.717) is 19.8 Å². The van der Waals surface area contributed by atoms with Crippen LogP contribution < -0.4 is 5.32 Å². The molecule has 7 heteroatoms. The second kappa shape index (κ2) is 9.85. The molecule has 0 amide bonds. The number of thiazole rings is 1. The van der Waals surface area contributed by atoms with Crippen molar-refractivity contribution < 1.29 is 19.4 Å². The van der Waals surface area contributed by atoms with E-state index in [-0.39, 0.29) is 5.01 Å². The molecule has 0 aliphatic carbocycles. The molecule has 19 heavy (non-hydrogen) atoms. The van der Waals surface area contributed by atoms with E-state index in [1.807, 2.05) is 0 Å². The monoisotopic (exact) mass is 288 g/mol. The van der Waals surface area contributed by atoms with Crippen molar-refractivity contribution in [3.05, 3.63) is 16.1 Å². The highest BCUT2D eigenvalue weighted by Crippen LogP contribution is 2.09. The van der Waals surface area contributed by atoms with Gasteiger partial charge in [0.25, 0.3) is 0 Å². The number of aromatic carboxylic acids is 1. The van der Waals surface area contributed by atoms with Crippen LogP contribution in [0.15, 0.2) is 5.38 Å². The lowest BCUT2D eigenvalue weighted by molar-refractivity contribution is 0.0688. The molecule has 6 nitrogen and oxygen atoms in total. The predicted molar refractivity (Wildman–Crippen MR) is 72.7 cm³/mol. The average molecular weight is 288 g/mol. The molecule has 1 aromatic heterocycles. The van der Waals surface area contributed by atoms with E-state index < -0.39 is 5.97 Å². The fraction of sp³-hybridized carbons (Fsp3) is 0.667. The van der Waals surface area contributed by atoms with Crippen LogP contribution in [0.4, 0.5) is 0 Å². The van der Waals surface area contributed by atoms with Crippen LogP contribution in [0.1, 0.15) is 28.3 Å². The van der Waals surface area contributed by atoms with E-state index >= 15 is 0 Å². The van der Waals surface area contributed by atoms with Crippen LogP contribution in [-0.4, -0.2) is 49.5 Å². The van der Waals surface area contributed by atoms with Crippen molar-refractivity contribution in [2.45, 2.75) is 19.4 Å². The fourth-order valence-electron chi connectivity index (χ4n) is 1.40. The molecule has 0 saturated carbocycles. The third kappa shape index (κ3) is 7.22. The van der Waals surface area contributed by atoms with E-state index in [0.717, 1.165) is 43.0 Å². The highest BCUT2D eigenvalue weighted by Gasteiger charge is 2.07. The Morgan fingerprint density at radius 1 is 1.42 bits per heavy atom. The van der Waals surface area contributed by atoms with Gasteiger partial charge in [-0.3, -0.25) is 0 Å². The Kier molecular flexibility index (Phi) is 8.31. The largest absolute Gasteiger partial charge is 0.476 e. The first kappa shape index (κ1) is 16.0. The van der Waals surface area contributed by atoms with Crippen molar-refractivity contribution in [1.29, 1.82) is 0 Å². The first-order valence-corrected chi connectivity index (χ1v) is 7.07. The van der Waals surface area contributed by atoms with Crippen molar-refractivity contribution >= 4 is 17.3 Å². The first-order valence-electron chi connectivity index (χ1n) is 6.19. The van der Waals surface area contributed by atoms with E-state index in [9.17, 15) is 4.79 Å². The minimum Gasteiger partial charge on any atom is -0.476 e. The zero-order valence-corrected chi connectivity index (χ0v) is 11.9. The summed E-state index contributed by atoms with van der Waals surface area (Å²) in [4.78, 5) is 14.6. The highest BCUT2D eigenvalue weighted by molar-refractivity contribution is 7.11. The minimum atomic E-state index is -0.968. The summed E-state index contributed by atoms with van der Waals surface area (Å²) in [7, 11) is 1.65. The number of hydrogen-bond donors (Lipinski definition) is 2. The number of ether oxygens (including phenoxy) is 2. The quantitative estimate of drug-likeness (QED) is 0.599. The maximum atomic E-state index is 10.6. The Morgan fingerprint density at radius 3 is 2.95 bits per heavy atom. The highest BCUT2D eigenvalue weighted by atomic mass is 32.1. The molecule has 0 radical (unpaired) electrons. The number of hydrogen-bond acceptors (Lipinski definition) is 6. The van der Waals surface area contributed by atoms with Gasteiger partial charge in [-0.05, 0) is 19.4 Å². The molecular weight excluding hydrogens is 268 g/mol. The van der Waals surface area contributed by atoms with Crippen molar-refractivity contribution in [2.75, 3.05) is 33.5 Å². The molecule has 0 aliphatic heterocycles. The lowest BCUT2D eigenvalue weighted by Gasteiger charge is -2.04. The summed E-state index contributed by atoms with van der Waals surface area (Å²) in [5.41, 5.74) is 0.777. The third-order valence-corrected chi connectivity index (χ3v) is 3.24. The van der Waals surface area contributed by atoms with Crippen molar-refractivity contribution in [3.8, 4) is 0 Å². The van der Waals surface area contributed by atoms with Gasteiger partial charge in [0.15, 0.2) is 0 Å². The van der Waals surface area contributed by atoms with Crippen LogP contribution in [-0.2, 0) is 16.0 Å². The van der Waals surface area contributed by atoms with Gasteiger partial charge in [0.2, 0.25) is 5.01 Å². The van der Waals surface area contributed by atoms with Crippen molar-refractivity contribution in [3.63, 3.8) is 0 Å². The summed E-state index contributed by atoms with van der Waals surface area (Å²) < 4.78 is 10.2. The van der Waals surface area contributed by atoms with Crippen molar-refractivity contribution in [1.82, 2.24) is 10.3 Å². The van der Waals surface area contributed by atoms with E-state index in [1.54, 1.807) is 12.5 Å². The number of nitrogens with zero attached hydrogens (tertiary/aromatic N) is 1. The molecule has 0 unspecified atom stereocenters. The Bertz CT molecular complexity index is 370. The third-order valence-electron chi connectivity index (χ3n) is 2.36. The normalized spacial score (nSPS) is 10.8. The zero-order chi connectivity index (χ0) is 13.9. The summed E-state index contributed by atoms with van der Waals surface area (Å²) in [5, 5.41) is 13.9. The van der Waals surface area contributed by atoms with Crippen molar-refractivity contribution in [2.24, 2.45) is 0 Å². The topological polar surface area (TPSA) is 80.7 Å². The van der Waals surface area contributed by atoms with Gasteiger partial charge in [0, 0.05) is 25.6 Å². The molecule has 1 heterocycles. The number of unbranched alkanes of at least 4 members (excludes halogenated alkanes) is 1. The lowest BCUT2D eigenvalue weighted by Crippen LogP contribution is -2.15. The minimum absolute atomic E-state index is 0.142. The van der Waals surface area contributed by atoms with Gasteiger partial charge >= 0.3 is 5.97 Å². The van der Waals surface area contributed by atoms with Crippen LogP contribution in [0.5, 0.6) is 0 Å². The number of aromatic nitrogens is 1. The van der Waals surface area contributed by atoms with Crippen LogP contribution in [0.3, 0.4) is 0 Å². The summed E-state index contributed by atoms with van der Waals surface area (Å²) >= 11 is 1.15. The average Bonchev–Trinajstić information content (AvgIpc) is 2.86. The smallest absolute Gasteiger partial charge is 0.365 e. The van der Waals surface area contributed by atoms with Crippen LogP contribution >= 0.6 is 11.3 Å². The predicted octanol–water partition coefficient (Wildman–Crippen LogP) is 1.37. The molecule has 0 aliphatic rings. The number of carbonyl (C=O) groups is 1. The molecule has 0 atom stereocenters. The van der Waals surface area contributed by atoms with E-state index in [2.05, 4.69) is 10.3 Å². The van der Waals surface area contributed by atoms with Gasteiger partial charge < -0.3 is 19.9 Å². The number of methoxy groups -OCH3 is 1. The molecule has 0 saturated heterocycles. The van der Waals surface area contributed by atoms with Gasteiger partial charge in [-0.15, -0.1) is 11.3 Å². The Hall–Kier alpha value is -1.02. The molecule has 0 fully saturated rings. The molecule has 0 bridgehead atoms. The summed E-state index contributed by atoms with van der Waals surface area (Å²) in [6, 6.07) is 0. The second-order valence-corrected chi connectivity index (χ2v) is 4.80. The Morgan fingerprint density at radius 2 is 2.26 bits per heavy atom. The molecular formula is C12H20N2O4S.